The van der Waals surface area contributed by atoms with Gasteiger partial charge in [0.25, 0.3) is 0 Å². The van der Waals surface area contributed by atoms with Gasteiger partial charge in [-0.2, -0.15) is 0 Å². The molecule has 0 bridgehead atoms. The normalized spacial score (nSPS) is 12.7. The molecule has 1 nitrogen and oxygen atoms in total. The Morgan fingerprint density at radius 2 is 2.00 bits per heavy atom. The molecule has 1 aromatic carbocycles. The molecular weight excluding hydrogens is 352 g/mol. The number of aliphatic hydroxyl groups excluding tert-OH is 1. The first-order valence-corrected chi connectivity index (χ1v) is 7.28. The molecule has 16 heavy (non-hydrogen) atoms. The van der Waals surface area contributed by atoms with Gasteiger partial charge in [-0.25, -0.2) is 0 Å². The minimum Gasteiger partial charge on any atom is -0.388 e. The van der Waals surface area contributed by atoms with Crippen LogP contribution in [0.4, 0.5) is 0 Å². The van der Waals surface area contributed by atoms with Gasteiger partial charge in [0.15, 0.2) is 0 Å². The lowest BCUT2D eigenvalue weighted by atomic mass is 10.1. The lowest BCUT2D eigenvalue weighted by molar-refractivity contribution is 0.179. The lowest BCUT2D eigenvalue weighted by Gasteiger charge is -2.09. The van der Waals surface area contributed by atoms with Crippen molar-refractivity contribution in [3.8, 4) is 0 Å². The van der Waals surface area contributed by atoms with Crippen LogP contribution in [-0.4, -0.2) is 5.11 Å². The number of hydrogen-bond acceptors (Lipinski definition) is 2. The van der Waals surface area contributed by atoms with Crippen LogP contribution in [-0.2, 0) is 6.42 Å². The lowest BCUT2D eigenvalue weighted by Crippen LogP contribution is -2.00. The second kappa shape index (κ2) is 5.45. The fraction of sp³-hybridized carbons (Fsp3) is 0.167. The van der Waals surface area contributed by atoms with E-state index in [2.05, 4.69) is 31.9 Å². The van der Waals surface area contributed by atoms with Gasteiger partial charge in [0, 0.05) is 25.6 Å². The molecule has 0 amide bonds. The summed E-state index contributed by atoms with van der Waals surface area (Å²) in [7, 11) is 0. The zero-order chi connectivity index (χ0) is 11.5. The van der Waals surface area contributed by atoms with Crippen LogP contribution < -0.4 is 0 Å². The first kappa shape index (κ1) is 12.3. The van der Waals surface area contributed by atoms with E-state index in [9.17, 15) is 5.11 Å². The van der Waals surface area contributed by atoms with Crippen molar-refractivity contribution in [1.29, 1.82) is 0 Å². The number of rotatable bonds is 3. The first-order chi connectivity index (χ1) is 7.65. The van der Waals surface area contributed by atoms with E-state index >= 15 is 0 Å². The minimum absolute atomic E-state index is 0.442. The molecule has 0 radical (unpaired) electrons. The van der Waals surface area contributed by atoms with Crippen molar-refractivity contribution in [3.05, 3.63) is 55.1 Å². The number of halogens is 2. The van der Waals surface area contributed by atoms with Crippen molar-refractivity contribution in [1.82, 2.24) is 0 Å². The monoisotopic (exact) mass is 360 g/mol. The standard InChI is InChI=1S/C12H10Br2OS/c13-9-3-1-2-8(4-9)12(15)6-11-5-10(14)7-16-11/h1-5,7,12,15H,6H2. The number of thiophene rings is 1. The van der Waals surface area contributed by atoms with Gasteiger partial charge < -0.3 is 5.11 Å². The van der Waals surface area contributed by atoms with E-state index in [-0.39, 0.29) is 0 Å². The molecule has 2 aromatic rings. The summed E-state index contributed by atoms with van der Waals surface area (Å²) in [5.74, 6) is 0. The quantitative estimate of drug-likeness (QED) is 0.850. The van der Waals surface area contributed by atoms with Crippen molar-refractivity contribution < 1.29 is 5.11 Å². The summed E-state index contributed by atoms with van der Waals surface area (Å²) in [5, 5.41) is 12.1. The predicted octanol–water partition coefficient (Wildman–Crippen LogP) is 4.55. The van der Waals surface area contributed by atoms with Crippen LogP contribution in [0, 0.1) is 0 Å². The van der Waals surface area contributed by atoms with Gasteiger partial charge in [-0.1, -0.05) is 28.1 Å². The molecule has 1 unspecified atom stereocenters. The summed E-state index contributed by atoms with van der Waals surface area (Å²) in [6.07, 6.45) is 0.218. The molecule has 2 rings (SSSR count). The highest BCUT2D eigenvalue weighted by Crippen LogP contribution is 2.26. The maximum atomic E-state index is 10.1. The zero-order valence-electron chi connectivity index (χ0n) is 8.36. The molecule has 1 N–H and O–H groups in total. The van der Waals surface area contributed by atoms with Crippen LogP contribution >= 0.6 is 43.2 Å². The second-order valence-corrected chi connectivity index (χ2v) is 6.33. The third-order valence-electron chi connectivity index (χ3n) is 2.25. The van der Waals surface area contributed by atoms with Crippen molar-refractivity contribution >= 4 is 43.2 Å². The fourth-order valence-corrected chi connectivity index (χ4v) is 3.39. The summed E-state index contributed by atoms with van der Waals surface area (Å²) in [6.45, 7) is 0. The Balaban J connectivity index is 2.11. The van der Waals surface area contributed by atoms with Crippen LogP contribution in [0.15, 0.2) is 44.7 Å². The summed E-state index contributed by atoms with van der Waals surface area (Å²) in [5.41, 5.74) is 0.943. The minimum atomic E-state index is -0.442. The van der Waals surface area contributed by atoms with Crippen LogP contribution in [0.1, 0.15) is 16.5 Å². The van der Waals surface area contributed by atoms with Gasteiger partial charge in [-0.15, -0.1) is 11.3 Å². The Bertz CT molecular complexity index is 481. The van der Waals surface area contributed by atoms with E-state index in [1.165, 1.54) is 4.88 Å². The van der Waals surface area contributed by atoms with Gasteiger partial charge >= 0.3 is 0 Å². The van der Waals surface area contributed by atoms with Gasteiger partial charge in [0.05, 0.1) is 6.10 Å². The highest BCUT2D eigenvalue weighted by molar-refractivity contribution is 9.10. The Morgan fingerprint density at radius 3 is 2.62 bits per heavy atom. The summed E-state index contributed by atoms with van der Waals surface area (Å²) >= 11 is 8.47. The zero-order valence-corrected chi connectivity index (χ0v) is 12.3. The summed E-state index contributed by atoms with van der Waals surface area (Å²) in [6, 6.07) is 9.84. The third-order valence-corrected chi connectivity index (χ3v) is 4.46. The van der Waals surface area contributed by atoms with E-state index in [0.29, 0.717) is 6.42 Å². The summed E-state index contributed by atoms with van der Waals surface area (Å²) < 4.78 is 2.07. The molecule has 0 fully saturated rings. The Morgan fingerprint density at radius 1 is 1.19 bits per heavy atom. The van der Waals surface area contributed by atoms with Crippen LogP contribution in [0.2, 0.25) is 0 Å². The Labute approximate surface area is 115 Å². The van der Waals surface area contributed by atoms with Crippen molar-refractivity contribution in [2.24, 2.45) is 0 Å². The average molecular weight is 362 g/mol. The number of benzene rings is 1. The topological polar surface area (TPSA) is 20.2 Å². The predicted molar refractivity (Wildman–Crippen MR) is 74.8 cm³/mol. The first-order valence-electron chi connectivity index (χ1n) is 4.81. The van der Waals surface area contributed by atoms with Crippen molar-refractivity contribution in [3.63, 3.8) is 0 Å². The van der Waals surface area contributed by atoms with Gasteiger partial charge in [-0.3, -0.25) is 0 Å². The molecule has 0 aliphatic rings. The molecule has 1 atom stereocenters. The molecule has 1 heterocycles. The second-order valence-electron chi connectivity index (χ2n) is 3.51. The molecular formula is C12H10Br2OS. The van der Waals surface area contributed by atoms with Crippen LogP contribution in [0.3, 0.4) is 0 Å². The van der Waals surface area contributed by atoms with Crippen LogP contribution in [0.25, 0.3) is 0 Å². The van der Waals surface area contributed by atoms with Crippen LogP contribution in [0.5, 0.6) is 0 Å². The molecule has 0 saturated heterocycles. The SMILES string of the molecule is OC(Cc1cc(Br)cs1)c1cccc(Br)c1. The molecule has 84 valence electrons. The van der Waals surface area contributed by atoms with E-state index in [4.69, 9.17) is 0 Å². The van der Waals surface area contributed by atoms with Crippen molar-refractivity contribution in [2.75, 3.05) is 0 Å². The molecule has 0 spiro atoms. The number of hydrogen-bond donors (Lipinski definition) is 1. The van der Waals surface area contributed by atoms with E-state index in [1.54, 1.807) is 11.3 Å². The molecule has 4 heteroatoms. The van der Waals surface area contributed by atoms with Crippen molar-refractivity contribution in [2.45, 2.75) is 12.5 Å². The number of aliphatic hydroxyl groups is 1. The van der Waals surface area contributed by atoms with E-state index in [0.717, 1.165) is 14.5 Å². The molecule has 0 aliphatic heterocycles. The van der Waals surface area contributed by atoms with E-state index < -0.39 is 6.10 Å². The van der Waals surface area contributed by atoms with Gasteiger partial charge in [0.1, 0.15) is 0 Å². The highest BCUT2D eigenvalue weighted by Gasteiger charge is 2.10. The smallest absolute Gasteiger partial charge is 0.0838 e. The fourth-order valence-electron chi connectivity index (χ4n) is 1.48. The van der Waals surface area contributed by atoms with E-state index in [1.807, 2.05) is 35.7 Å². The molecule has 0 saturated carbocycles. The van der Waals surface area contributed by atoms with Gasteiger partial charge in [0.2, 0.25) is 0 Å². The average Bonchev–Trinajstić information content (AvgIpc) is 2.64. The van der Waals surface area contributed by atoms with Gasteiger partial charge in [-0.05, 0) is 39.7 Å². The maximum Gasteiger partial charge on any atom is 0.0838 e. The molecule has 1 aromatic heterocycles. The maximum absolute atomic E-state index is 10.1. The summed E-state index contributed by atoms with van der Waals surface area (Å²) in [4.78, 5) is 1.18. The third kappa shape index (κ3) is 3.17. The Kier molecular flexibility index (Phi) is 4.19. The largest absolute Gasteiger partial charge is 0.388 e. The highest BCUT2D eigenvalue weighted by atomic mass is 79.9. The molecule has 0 aliphatic carbocycles. The Hall–Kier alpha value is -0.160.